The molecule has 3 rings (SSSR count). The van der Waals surface area contributed by atoms with Gasteiger partial charge in [0.25, 0.3) is 0 Å². The number of hydrogen-bond acceptors (Lipinski definition) is 2. The van der Waals surface area contributed by atoms with E-state index in [2.05, 4.69) is 43.0 Å². The molecule has 1 atom stereocenters. The van der Waals surface area contributed by atoms with E-state index in [9.17, 15) is 4.79 Å². The molecular weight excluding hydrogens is 284 g/mol. The number of rotatable bonds is 4. The Bertz CT molecular complexity index is 551. The molecule has 2 heterocycles. The van der Waals surface area contributed by atoms with Gasteiger partial charge in [-0.2, -0.15) is 0 Å². The van der Waals surface area contributed by atoms with E-state index in [1.54, 1.807) is 0 Å². The van der Waals surface area contributed by atoms with E-state index in [1.807, 2.05) is 11.9 Å². The van der Waals surface area contributed by atoms with Crippen LogP contribution in [-0.4, -0.2) is 41.4 Å². The molecule has 1 spiro atoms. The second-order valence-corrected chi connectivity index (χ2v) is 7.80. The Hall–Kier alpha value is -1.35. The number of likely N-dealkylation sites (N-methyl/N-ethyl adjacent to an activating group) is 1. The molecule has 1 amide bonds. The number of likely N-dealkylation sites (tertiary alicyclic amines) is 2. The van der Waals surface area contributed by atoms with E-state index in [1.165, 1.54) is 11.1 Å². The lowest BCUT2D eigenvalue weighted by molar-refractivity contribution is -0.146. The zero-order valence-electron chi connectivity index (χ0n) is 14.8. The number of carbonyl (C=O) groups is 1. The van der Waals surface area contributed by atoms with Crippen LogP contribution in [-0.2, 0) is 17.8 Å². The first-order valence-corrected chi connectivity index (χ1v) is 9.10. The maximum absolute atomic E-state index is 12.8. The van der Waals surface area contributed by atoms with Crippen molar-refractivity contribution in [2.75, 3.05) is 20.1 Å². The number of carbonyl (C=O) groups excluding carboxylic acids is 1. The lowest BCUT2D eigenvalue weighted by Gasteiger charge is -2.43. The molecule has 23 heavy (non-hydrogen) atoms. The molecule has 1 unspecified atom stereocenters. The van der Waals surface area contributed by atoms with Gasteiger partial charge in [-0.15, -0.1) is 0 Å². The maximum atomic E-state index is 12.8. The minimum Gasteiger partial charge on any atom is -0.344 e. The molecule has 0 bridgehead atoms. The number of piperidine rings is 1. The Morgan fingerprint density at radius 3 is 2.30 bits per heavy atom. The smallest absolute Gasteiger partial charge is 0.242 e. The molecule has 3 nitrogen and oxygen atoms in total. The first-order chi connectivity index (χ1) is 11.0. The van der Waals surface area contributed by atoms with Crippen LogP contribution in [0.5, 0.6) is 0 Å². The molecule has 0 aromatic heterocycles. The summed E-state index contributed by atoms with van der Waals surface area (Å²) in [5.41, 5.74) is 2.53. The van der Waals surface area contributed by atoms with Gasteiger partial charge >= 0.3 is 0 Å². The lowest BCUT2D eigenvalue weighted by atomic mass is 9.85. The van der Waals surface area contributed by atoms with Crippen LogP contribution < -0.4 is 0 Å². The normalized spacial score (nSPS) is 25.7. The minimum absolute atomic E-state index is 0.219. The molecule has 2 saturated heterocycles. The summed E-state index contributed by atoms with van der Waals surface area (Å²) in [6.07, 6.45) is 5.47. The summed E-state index contributed by atoms with van der Waals surface area (Å²) in [6, 6.07) is 9.02. The molecule has 126 valence electrons. The first-order valence-electron chi connectivity index (χ1n) is 9.10. The average molecular weight is 314 g/mol. The lowest BCUT2D eigenvalue weighted by Crippen LogP contribution is -2.58. The predicted octanol–water partition coefficient (Wildman–Crippen LogP) is 3.47. The molecular formula is C20H30N2O. The van der Waals surface area contributed by atoms with Gasteiger partial charge in [0.15, 0.2) is 0 Å². The van der Waals surface area contributed by atoms with Crippen LogP contribution in [0.3, 0.4) is 0 Å². The Balaban J connectivity index is 1.72. The molecule has 3 heteroatoms. The van der Waals surface area contributed by atoms with Crippen molar-refractivity contribution in [2.45, 2.75) is 58.0 Å². The highest BCUT2D eigenvalue weighted by atomic mass is 16.2. The standard InChI is InChI=1S/C20H30N2O/c1-16(2)14-17-6-8-18(9-7-17)15-22-13-5-11-20(22)10-4-12-21(3)19(20)23/h6-9,16H,4-5,10-15H2,1-3H3. The molecule has 0 saturated carbocycles. The Kier molecular flexibility index (Phi) is 4.77. The van der Waals surface area contributed by atoms with Crippen molar-refractivity contribution < 1.29 is 4.79 Å². The fourth-order valence-corrected chi connectivity index (χ4v) is 4.34. The van der Waals surface area contributed by atoms with Gasteiger partial charge in [0.05, 0.1) is 0 Å². The number of hydrogen-bond donors (Lipinski definition) is 0. The Morgan fingerprint density at radius 1 is 1.04 bits per heavy atom. The van der Waals surface area contributed by atoms with Crippen LogP contribution in [0.1, 0.15) is 50.7 Å². The van der Waals surface area contributed by atoms with Crippen LogP contribution >= 0.6 is 0 Å². The summed E-state index contributed by atoms with van der Waals surface area (Å²) in [5, 5.41) is 0. The molecule has 0 radical (unpaired) electrons. The number of benzene rings is 1. The third-order valence-electron chi connectivity index (χ3n) is 5.49. The largest absolute Gasteiger partial charge is 0.344 e. The monoisotopic (exact) mass is 314 g/mol. The van der Waals surface area contributed by atoms with E-state index in [-0.39, 0.29) is 5.54 Å². The van der Waals surface area contributed by atoms with Crippen molar-refractivity contribution in [1.82, 2.24) is 9.80 Å². The average Bonchev–Trinajstić information content (AvgIpc) is 2.90. The minimum atomic E-state index is -0.219. The van der Waals surface area contributed by atoms with Gasteiger partial charge in [-0.05, 0) is 55.7 Å². The van der Waals surface area contributed by atoms with Crippen LogP contribution in [0.2, 0.25) is 0 Å². The van der Waals surface area contributed by atoms with Crippen molar-refractivity contribution in [3.63, 3.8) is 0 Å². The fraction of sp³-hybridized carbons (Fsp3) is 0.650. The highest BCUT2D eigenvalue weighted by Crippen LogP contribution is 2.38. The summed E-state index contributed by atoms with van der Waals surface area (Å²) >= 11 is 0. The highest BCUT2D eigenvalue weighted by Gasteiger charge is 2.49. The van der Waals surface area contributed by atoms with Crippen molar-refractivity contribution in [3.8, 4) is 0 Å². The van der Waals surface area contributed by atoms with Crippen molar-refractivity contribution >= 4 is 5.91 Å². The van der Waals surface area contributed by atoms with Gasteiger partial charge in [-0.3, -0.25) is 9.69 Å². The molecule has 2 fully saturated rings. The van der Waals surface area contributed by atoms with Crippen molar-refractivity contribution in [1.29, 1.82) is 0 Å². The van der Waals surface area contributed by atoms with Gasteiger partial charge in [0, 0.05) is 20.1 Å². The van der Waals surface area contributed by atoms with Gasteiger partial charge < -0.3 is 4.90 Å². The Morgan fingerprint density at radius 2 is 1.65 bits per heavy atom. The molecule has 1 aromatic carbocycles. The van der Waals surface area contributed by atoms with Gasteiger partial charge in [-0.25, -0.2) is 0 Å². The summed E-state index contributed by atoms with van der Waals surface area (Å²) < 4.78 is 0. The van der Waals surface area contributed by atoms with Crippen LogP contribution in [0.15, 0.2) is 24.3 Å². The SMILES string of the molecule is CC(C)Cc1ccc(CN2CCCC23CCCN(C)C3=O)cc1. The van der Waals surface area contributed by atoms with Gasteiger partial charge in [-0.1, -0.05) is 38.1 Å². The number of nitrogens with zero attached hydrogens (tertiary/aromatic N) is 2. The second kappa shape index (κ2) is 6.64. The van der Waals surface area contributed by atoms with Crippen LogP contribution in [0.25, 0.3) is 0 Å². The molecule has 0 N–H and O–H groups in total. The number of amides is 1. The predicted molar refractivity (Wildman–Crippen MR) is 94.2 cm³/mol. The Labute approximate surface area is 140 Å². The zero-order valence-corrected chi connectivity index (χ0v) is 14.8. The van der Waals surface area contributed by atoms with Crippen LogP contribution in [0, 0.1) is 5.92 Å². The topological polar surface area (TPSA) is 23.6 Å². The van der Waals surface area contributed by atoms with Crippen molar-refractivity contribution in [3.05, 3.63) is 35.4 Å². The van der Waals surface area contributed by atoms with E-state index >= 15 is 0 Å². The van der Waals surface area contributed by atoms with Crippen molar-refractivity contribution in [2.24, 2.45) is 5.92 Å². The quantitative estimate of drug-likeness (QED) is 0.849. The van der Waals surface area contributed by atoms with E-state index < -0.39 is 0 Å². The van der Waals surface area contributed by atoms with Crippen LogP contribution in [0.4, 0.5) is 0 Å². The highest BCUT2D eigenvalue weighted by molar-refractivity contribution is 5.87. The second-order valence-electron chi connectivity index (χ2n) is 7.80. The maximum Gasteiger partial charge on any atom is 0.242 e. The van der Waals surface area contributed by atoms with E-state index in [0.29, 0.717) is 11.8 Å². The summed E-state index contributed by atoms with van der Waals surface area (Å²) in [6.45, 7) is 7.38. The molecule has 0 aliphatic carbocycles. The molecule has 1 aromatic rings. The zero-order chi connectivity index (χ0) is 16.4. The molecule has 2 aliphatic rings. The summed E-state index contributed by atoms with van der Waals surface area (Å²) in [7, 11) is 1.96. The third-order valence-corrected chi connectivity index (χ3v) is 5.49. The van der Waals surface area contributed by atoms with Gasteiger partial charge in [0.2, 0.25) is 5.91 Å². The van der Waals surface area contributed by atoms with E-state index in [4.69, 9.17) is 0 Å². The summed E-state index contributed by atoms with van der Waals surface area (Å²) in [4.78, 5) is 17.2. The summed E-state index contributed by atoms with van der Waals surface area (Å²) in [5.74, 6) is 1.04. The fourth-order valence-electron chi connectivity index (χ4n) is 4.34. The van der Waals surface area contributed by atoms with Gasteiger partial charge in [0.1, 0.15) is 5.54 Å². The molecule has 2 aliphatic heterocycles. The van der Waals surface area contributed by atoms with E-state index in [0.717, 1.165) is 51.7 Å². The first kappa shape index (κ1) is 16.5. The third kappa shape index (κ3) is 3.30.